The topological polar surface area (TPSA) is 117 Å². The molecule has 1 saturated heterocycles. The zero-order chi connectivity index (χ0) is 21.2. The fourth-order valence-electron chi connectivity index (χ4n) is 2.11. The standard InChI is InChI=1S/C14H20FN3O5.2C2H6/c1-14(2,7-19)12(20)22-6-8-3-4-10(23-8)18-5-9(15)11(16)17-13(18)21;2*1-2/h5,8,10,19H,3-4,6-7H2,1-2H3,(H2,16,17,21);2*1-2H3. The van der Waals surface area contributed by atoms with Crippen molar-refractivity contribution in [3.05, 3.63) is 22.5 Å². The summed E-state index contributed by atoms with van der Waals surface area (Å²) in [6.07, 6.45) is 0.857. The fraction of sp³-hybridized carbons (Fsp3) is 0.722. The highest BCUT2D eigenvalue weighted by Crippen LogP contribution is 2.28. The molecule has 27 heavy (non-hydrogen) atoms. The molecule has 1 aromatic rings. The number of nitrogens with zero attached hydrogens (tertiary/aromatic N) is 2. The van der Waals surface area contributed by atoms with Crippen LogP contribution in [0.15, 0.2) is 11.0 Å². The summed E-state index contributed by atoms with van der Waals surface area (Å²) in [6.45, 7) is 10.8. The van der Waals surface area contributed by atoms with Crippen molar-refractivity contribution in [3.8, 4) is 0 Å². The van der Waals surface area contributed by atoms with Crippen molar-refractivity contribution in [2.75, 3.05) is 18.9 Å². The van der Waals surface area contributed by atoms with Crippen molar-refractivity contribution in [3.63, 3.8) is 0 Å². The Morgan fingerprint density at radius 2 is 2.00 bits per heavy atom. The second kappa shape index (κ2) is 11.7. The Hall–Kier alpha value is -2.00. The number of aromatic nitrogens is 2. The van der Waals surface area contributed by atoms with E-state index in [0.29, 0.717) is 12.8 Å². The fourth-order valence-corrected chi connectivity index (χ4v) is 2.11. The molecule has 0 amide bonds. The van der Waals surface area contributed by atoms with Gasteiger partial charge in [0.2, 0.25) is 0 Å². The van der Waals surface area contributed by atoms with Crippen LogP contribution >= 0.6 is 0 Å². The van der Waals surface area contributed by atoms with Crippen LogP contribution in [-0.4, -0.2) is 39.9 Å². The number of aliphatic hydroxyl groups is 1. The first-order valence-corrected chi connectivity index (χ1v) is 9.22. The van der Waals surface area contributed by atoms with E-state index in [9.17, 15) is 14.0 Å². The molecule has 0 spiro atoms. The Bertz CT molecular complexity index is 648. The van der Waals surface area contributed by atoms with Crippen molar-refractivity contribution in [1.82, 2.24) is 9.55 Å². The minimum Gasteiger partial charge on any atom is -0.462 e. The summed E-state index contributed by atoms with van der Waals surface area (Å²) in [5.41, 5.74) is 3.54. The van der Waals surface area contributed by atoms with Gasteiger partial charge in [-0.1, -0.05) is 27.7 Å². The highest BCUT2D eigenvalue weighted by atomic mass is 19.1. The number of nitrogens with two attached hydrogens (primary N) is 1. The zero-order valence-electron chi connectivity index (χ0n) is 17.0. The Labute approximate surface area is 159 Å². The van der Waals surface area contributed by atoms with Gasteiger partial charge in [0.1, 0.15) is 12.8 Å². The van der Waals surface area contributed by atoms with Crippen molar-refractivity contribution in [2.24, 2.45) is 5.41 Å². The lowest BCUT2D eigenvalue weighted by atomic mass is 9.95. The van der Waals surface area contributed by atoms with Crippen molar-refractivity contribution in [1.29, 1.82) is 0 Å². The first kappa shape index (κ1) is 25.0. The van der Waals surface area contributed by atoms with Gasteiger partial charge in [0.15, 0.2) is 11.6 Å². The number of hydrogen-bond acceptors (Lipinski definition) is 7. The van der Waals surface area contributed by atoms with Crippen molar-refractivity contribution in [2.45, 2.75) is 66.7 Å². The quantitative estimate of drug-likeness (QED) is 0.742. The van der Waals surface area contributed by atoms with E-state index in [1.165, 1.54) is 0 Å². The van der Waals surface area contributed by atoms with Crippen LogP contribution in [0.2, 0.25) is 0 Å². The van der Waals surface area contributed by atoms with Gasteiger partial charge in [0, 0.05) is 0 Å². The maximum atomic E-state index is 13.4. The monoisotopic (exact) mass is 389 g/mol. The number of halogens is 1. The summed E-state index contributed by atoms with van der Waals surface area (Å²) in [7, 11) is 0. The van der Waals surface area contributed by atoms with E-state index in [1.54, 1.807) is 13.8 Å². The molecule has 0 saturated carbocycles. The number of nitrogen functional groups attached to an aromatic ring is 1. The average Bonchev–Trinajstić information content (AvgIpc) is 3.14. The van der Waals surface area contributed by atoms with Crippen LogP contribution in [0.3, 0.4) is 0 Å². The van der Waals surface area contributed by atoms with E-state index in [2.05, 4.69) is 4.98 Å². The Morgan fingerprint density at radius 3 is 2.56 bits per heavy atom. The largest absolute Gasteiger partial charge is 0.462 e. The summed E-state index contributed by atoms with van der Waals surface area (Å²) >= 11 is 0. The molecule has 1 aromatic heterocycles. The molecule has 1 aliphatic heterocycles. The highest BCUT2D eigenvalue weighted by Gasteiger charge is 2.32. The molecule has 2 heterocycles. The van der Waals surface area contributed by atoms with Crippen LogP contribution in [0.5, 0.6) is 0 Å². The molecule has 8 nitrogen and oxygen atoms in total. The predicted molar refractivity (Wildman–Crippen MR) is 101 cm³/mol. The predicted octanol–water partition coefficient (Wildman–Crippen LogP) is 2.26. The average molecular weight is 389 g/mol. The molecule has 156 valence electrons. The summed E-state index contributed by atoms with van der Waals surface area (Å²) < 4.78 is 25.2. The third kappa shape index (κ3) is 6.91. The van der Waals surface area contributed by atoms with E-state index in [-0.39, 0.29) is 13.2 Å². The third-order valence-electron chi connectivity index (χ3n) is 3.68. The number of carbonyl (C=O) groups is 1. The summed E-state index contributed by atoms with van der Waals surface area (Å²) in [5, 5.41) is 9.10. The molecule has 1 fully saturated rings. The van der Waals surface area contributed by atoms with Gasteiger partial charge in [-0.3, -0.25) is 9.36 Å². The minimum atomic E-state index is -0.987. The van der Waals surface area contributed by atoms with Gasteiger partial charge in [0.25, 0.3) is 0 Å². The van der Waals surface area contributed by atoms with Gasteiger partial charge in [-0.15, -0.1) is 0 Å². The molecule has 2 rings (SSSR count). The number of ether oxygens (including phenoxy) is 2. The van der Waals surface area contributed by atoms with Crippen LogP contribution < -0.4 is 11.4 Å². The third-order valence-corrected chi connectivity index (χ3v) is 3.68. The smallest absolute Gasteiger partial charge is 0.351 e. The van der Waals surface area contributed by atoms with Crippen LogP contribution in [0.4, 0.5) is 10.2 Å². The van der Waals surface area contributed by atoms with Gasteiger partial charge in [-0.05, 0) is 26.7 Å². The van der Waals surface area contributed by atoms with E-state index in [0.717, 1.165) is 10.8 Å². The van der Waals surface area contributed by atoms with Crippen LogP contribution in [-0.2, 0) is 14.3 Å². The van der Waals surface area contributed by atoms with Gasteiger partial charge in [-0.2, -0.15) is 4.98 Å². The Morgan fingerprint density at radius 1 is 1.41 bits per heavy atom. The van der Waals surface area contributed by atoms with E-state index >= 15 is 0 Å². The summed E-state index contributed by atoms with van der Waals surface area (Å²) in [6, 6.07) is 0. The lowest BCUT2D eigenvalue weighted by molar-refractivity contribution is -0.160. The van der Waals surface area contributed by atoms with Gasteiger partial charge >= 0.3 is 11.7 Å². The normalized spacial score (nSPS) is 18.7. The maximum Gasteiger partial charge on any atom is 0.351 e. The van der Waals surface area contributed by atoms with Crippen LogP contribution in [0.1, 0.15) is 60.6 Å². The second-order valence-corrected chi connectivity index (χ2v) is 6.09. The molecule has 0 aromatic carbocycles. The van der Waals surface area contributed by atoms with Gasteiger partial charge in [0.05, 0.1) is 24.3 Å². The summed E-state index contributed by atoms with van der Waals surface area (Å²) in [4.78, 5) is 26.9. The molecule has 1 aliphatic rings. The molecular weight excluding hydrogens is 357 g/mol. The number of esters is 1. The Kier molecular flexibility index (Phi) is 10.8. The molecule has 2 unspecified atom stereocenters. The lowest BCUT2D eigenvalue weighted by Gasteiger charge is -2.21. The zero-order valence-corrected chi connectivity index (χ0v) is 17.0. The number of anilines is 1. The first-order valence-electron chi connectivity index (χ1n) is 9.22. The minimum absolute atomic E-state index is 0.00159. The summed E-state index contributed by atoms with van der Waals surface area (Å²) in [5.74, 6) is -1.79. The molecule has 0 radical (unpaired) electrons. The highest BCUT2D eigenvalue weighted by molar-refractivity contribution is 5.76. The molecule has 0 aliphatic carbocycles. The molecule has 9 heteroatoms. The van der Waals surface area contributed by atoms with Gasteiger partial charge < -0.3 is 20.3 Å². The number of hydrogen-bond donors (Lipinski definition) is 2. The van der Waals surface area contributed by atoms with Crippen LogP contribution in [0.25, 0.3) is 0 Å². The van der Waals surface area contributed by atoms with Gasteiger partial charge in [-0.25, -0.2) is 9.18 Å². The van der Waals surface area contributed by atoms with Crippen molar-refractivity contribution < 1.29 is 23.8 Å². The number of rotatable bonds is 5. The molecule has 2 atom stereocenters. The van der Waals surface area contributed by atoms with E-state index in [1.807, 2.05) is 27.7 Å². The molecule has 3 N–H and O–H groups in total. The molecular formula is C18H32FN3O5. The number of aliphatic hydroxyl groups excluding tert-OH is 1. The van der Waals surface area contributed by atoms with Crippen molar-refractivity contribution >= 4 is 11.8 Å². The first-order chi connectivity index (χ1) is 12.7. The number of carbonyl (C=O) groups excluding carboxylic acids is 1. The van der Waals surface area contributed by atoms with E-state index < -0.39 is 41.0 Å². The maximum absolute atomic E-state index is 13.4. The van der Waals surface area contributed by atoms with E-state index in [4.69, 9.17) is 20.3 Å². The Balaban J connectivity index is 0.00000158. The SMILES string of the molecule is CC.CC.CC(C)(CO)C(=O)OCC1CCC(n2cc(F)c(N)nc2=O)O1. The van der Waals surface area contributed by atoms with Crippen LogP contribution in [0, 0.1) is 11.2 Å². The molecule has 0 bridgehead atoms. The second-order valence-electron chi connectivity index (χ2n) is 6.09. The lowest BCUT2D eigenvalue weighted by Crippen LogP contribution is -2.33.